The smallest absolute Gasteiger partial charge is 0.326 e. The maximum atomic E-state index is 11.1. The van der Waals surface area contributed by atoms with Gasteiger partial charge in [0.15, 0.2) is 0 Å². The van der Waals surface area contributed by atoms with E-state index < -0.39 is 17.9 Å². The highest BCUT2D eigenvalue weighted by atomic mass is 16.4. The Labute approximate surface area is 105 Å². The van der Waals surface area contributed by atoms with E-state index in [0.29, 0.717) is 12.0 Å². The molecule has 2 rings (SSSR count). The summed E-state index contributed by atoms with van der Waals surface area (Å²) in [4.78, 5) is 24.1. The van der Waals surface area contributed by atoms with Crippen LogP contribution in [0, 0.1) is 6.92 Å². The van der Waals surface area contributed by atoms with Crippen molar-refractivity contribution in [3.63, 3.8) is 0 Å². The van der Waals surface area contributed by atoms with Gasteiger partial charge in [-0.15, -0.1) is 0 Å². The van der Waals surface area contributed by atoms with Crippen LogP contribution in [0.15, 0.2) is 18.2 Å². The number of rotatable bonds is 3. The second-order valence-electron chi connectivity index (χ2n) is 4.55. The molecule has 1 aromatic rings. The Morgan fingerprint density at radius 3 is 2.72 bits per heavy atom. The van der Waals surface area contributed by atoms with E-state index >= 15 is 0 Å². The highest BCUT2D eigenvalue weighted by Crippen LogP contribution is 2.27. The molecule has 1 aliphatic rings. The van der Waals surface area contributed by atoms with Crippen LogP contribution in [0.25, 0.3) is 0 Å². The molecule has 0 saturated carbocycles. The third-order valence-electron chi connectivity index (χ3n) is 3.34. The van der Waals surface area contributed by atoms with E-state index in [0.717, 1.165) is 24.2 Å². The molecular weight excluding hydrogens is 232 g/mol. The number of carbonyl (C=O) groups excluding carboxylic acids is 1. The first-order chi connectivity index (χ1) is 8.50. The molecule has 1 heterocycles. The molecule has 3 N–H and O–H groups in total. The van der Waals surface area contributed by atoms with Crippen LogP contribution in [0.1, 0.15) is 28.8 Å². The number of benzene rings is 1. The summed E-state index contributed by atoms with van der Waals surface area (Å²) in [6.07, 6.45) is 1.53. The van der Waals surface area contributed by atoms with Crippen molar-refractivity contribution in [3.05, 3.63) is 29.3 Å². The first-order valence-corrected chi connectivity index (χ1v) is 5.90. The van der Waals surface area contributed by atoms with E-state index in [1.165, 1.54) is 0 Å². The Morgan fingerprint density at radius 2 is 2.17 bits per heavy atom. The fraction of sp³-hybridized carbons (Fsp3) is 0.385. The van der Waals surface area contributed by atoms with E-state index in [1.807, 2.05) is 11.0 Å². The van der Waals surface area contributed by atoms with Crippen molar-refractivity contribution in [3.8, 4) is 0 Å². The Hall–Kier alpha value is -2.04. The average molecular weight is 248 g/mol. The molecule has 0 bridgehead atoms. The van der Waals surface area contributed by atoms with Crippen LogP contribution in [0.3, 0.4) is 0 Å². The quantitative estimate of drug-likeness (QED) is 0.840. The minimum Gasteiger partial charge on any atom is -0.480 e. The van der Waals surface area contributed by atoms with Gasteiger partial charge in [-0.25, -0.2) is 4.79 Å². The number of carboxylic acid groups (broad SMARTS) is 1. The van der Waals surface area contributed by atoms with Gasteiger partial charge < -0.3 is 15.7 Å². The Kier molecular flexibility index (Phi) is 3.23. The van der Waals surface area contributed by atoms with Crippen LogP contribution in [0.5, 0.6) is 0 Å². The molecule has 96 valence electrons. The molecular formula is C13H16N2O3. The van der Waals surface area contributed by atoms with Gasteiger partial charge in [-0.2, -0.15) is 0 Å². The van der Waals surface area contributed by atoms with Gasteiger partial charge in [-0.1, -0.05) is 0 Å². The van der Waals surface area contributed by atoms with Crippen molar-refractivity contribution in [2.24, 2.45) is 5.73 Å². The first kappa shape index (κ1) is 12.4. The molecule has 1 unspecified atom stereocenters. The van der Waals surface area contributed by atoms with E-state index in [4.69, 9.17) is 10.8 Å². The second-order valence-corrected chi connectivity index (χ2v) is 4.55. The van der Waals surface area contributed by atoms with E-state index in [9.17, 15) is 9.59 Å². The molecule has 0 aliphatic carbocycles. The van der Waals surface area contributed by atoms with Crippen LogP contribution in [0.2, 0.25) is 0 Å². The average Bonchev–Trinajstić information content (AvgIpc) is 2.77. The summed E-state index contributed by atoms with van der Waals surface area (Å²) in [5.74, 6) is -1.26. The normalized spacial score (nSPS) is 18.9. The lowest BCUT2D eigenvalue weighted by Gasteiger charge is -2.24. The zero-order chi connectivity index (χ0) is 13.3. The van der Waals surface area contributed by atoms with Crippen LogP contribution in [-0.4, -0.2) is 29.6 Å². The predicted molar refractivity (Wildman–Crippen MR) is 67.7 cm³/mol. The maximum absolute atomic E-state index is 11.1. The molecule has 1 fully saturated rings. The molecule has 1 atom stereocenters. The zero-order valence-electron chi connectivity index (χ0n) is 10.2. The Balaban J connectivity index is 2.32. The molecule has 1 aromatic carbocycles. The Bertz CT molecular complexity index is 499. The van der Waals surface area contributed by atoms with Crippen molar-refractivity contribution in [2.75, 3.05) is 11.4 Å². The van der Waals surface area contributed by atoms with Gasteiger partial charge in [0.25, 0.3) is 0 Å². The summed E-state index contributed by atoms with van der Waals surface area (Å²) in [6.45, 7) is 2.53. The number of amides is 1. The fourth-order valence-corrected chi connectivity index (χ4v) is 2.44. The van der Waals surface area contributed by atoms with Gasteiger partial charge in [-0.05, 0) is 43.5 Å². The number of primary amides is 1. The lowest BCUT2D eigenvalue weighted by atomic mass is 10.1. The third-order valence-corrected chi connectivity index (χ3v) is 3.34. The topological polar surface area (TPSA) is 83.6 Å². The zero-order valence-corrected chi connectivity index (χ0v) is 10.2. The van der Waals surface area contributed by atoms with Crippen molar-refractivity contribution in [1.82, 2.24) is 0 Å². The summed E-state index contributed by atoms with van der Waals surface area (Å²) < 4.78 is 0. The number of nitrogens with zero attached hydrogens (tertiary/aromatic N) is 1. The maximum Gasteiger partial charge on any atom is 0.326 e. The van der Waals surface area contributed by atoms with Gasteiger partial charge in [0.05, 0.1) is 0 Å². The minimum absolute atomic E-state index is 0.463. The lowest BCUT2D eigenvalue weighted by molar-refractivity contribution is -0.138. The molecule has 18 heavy (non-hydrogen) atoms. The van der Waals surface area contributed by atoms with Crippen molar-refractivity contribution >= 4 is 17.6 Å². The summed E-state index contributed by atoms with van der Waals surface area (Å²) in [6, 6.07) is 4.77. The summed E-state index contributed by atoms with van der Waals surface area (Å²) in [5, 5.41) is 9.14. The minimum atomic E-state index is -0.802. The molecule has 5 nitrogen and oxygen atoms in total. The number of hydrogen-bond donors (Lipinski definition) is 2. The van der Waals surface area contributed by atoms with Crippen molar-refractivity contribution in [1.29, 1.82) is 0 Å². The first-order valence-electron chi connectivity index (χ1n) is 5.90. The molecule has 1 aliphatic heterocycles. The Morgan fingerprint density at radius 1 is 1.44 bits per heavy atom. The van der Waals surface area contributed by atoms with Gasteiger partial charge >= 0.3 is 5.97 Å². The van der Waals surface area contributed by atoms with Crippen LogP contribution in [-0.2, 0) is 4.79 Å². The van der Waals surface area contributed by atoms with Gasteiger partial charge in [-0.3, -0.25) is 4.79 Å². The number of carboxylic acids is 1. The molecule has 0 spiro atoms. The fourth-order valence-electron chi connectivity index (χ4n) is 2.44. The van der Waals surface area contributed by atoms with Crippen LogP contribution >= 0.6 is 0 Å². The largest absolute Gasteiger partial charge is 0.480 e. The lowest BCUT2D eigenvalue weighted by Crippen LogP contribution is -2.35. The second kappa shape index (κ2) is 4.68. The highest BCUT2D eigenvalue weighted by Gasteiger charge is 2.30. The highest BCUT2D eigenvalue weighted by molar-refractivity contribution is 5.94. The van der Waals surface area contributed by atoms with Crippen molar-refractivity contribution in [2.45, 2.75) is 25.8 Å². The summed E-state index contributed by atoms with van der Waals surface area (Å²) >= 11 is 0. The standard InChI is InChI=1S/C13H16N2O3/c1-8-7-9(4-5-10(8)12(14)16)15-6-2-3-11(15)13(17)18/h4-5,7,11H,2-3,6H2,1H3,(H2,14,16)(H,17,18). The van der Waals surface area contributed by atoms with Crippen LogP contribution < -0.4 is 10.6 Å². The molecule has 0 radical (unpaired) electrons. The number of hydrogen-bond acceptors (Lipinski definition) is 3. The summed E-state index contributed by atoms with van der Waals surface area (Å²) in [7, 11) is 0. The van der Waals surface area contributed by atoms with E-state index in [2.05, 4.69) is 0 Å². The van der Waals surface area contributed by atoms with Gasteiger partial charge in [0.2, 0.25) is 5.91 Å². The number of aryl methyl sites for hydroxylation is 1. The predicted octanol–water partition coefficient (Wildman–Crippen LogP) is 1.15. The third kappa shape index (κ3) is 2.16. The number of aliphatic carboxylic acids is 1. The number of nitrogens with two attached hydrogens (primary N) is 1. The molecule has 1 saturated heterocycles. The van der Waals surface area contributed by atoms with E-state index in [-0.39, 0.29) is 0 Å². The van der Waals surface area contributed by atoms with Crippen molar-refractivity contribution < 1.29 is 14.7 Å². The molecule has 1 amide bonds. The van der Waals surface area contributed by atoms with Gasteiger partial charge in [0, 0.05) is 17.8 Å². The SMILES string of the molecule is Cc1cc(N2CCCC2C(=O)O)ccc1C(N)=O. The van der Waals surface area contributed by atoms with Crippen LogP contribution in [0.4, 0.5) is 5.69 Å². The van der Waals surface area contributed by atoms with E-state index in [1.54, 1.807) is 19.1 Å². The number of carbonyl (C=O) groups is 2. The molecule has 5 heteroatoms. The number of anilines is 1. The monoisotopic (exact) mass is 248 g/mol. The summed E-state index contributed by atoms with van der Waals surface area (Å²) in [5.41, 5.74) is 7.33. The molecule has 0 aromatic heterocycles. The van der Waals surface area contributed by atoms with Gasteiger partial charge in [0.1, 0.15) is 6.04 Å².